The standard InChI is InChI=1S/C24H21ClN6/c25-19-9-6-18(7-10-19)8-11-22-28-21-5-2-1-4-20(21)23(29-22)30-14-16-31(17-15-30)24-26-12-3-13-27-24/h1-13H,14-17H2. The fraction of sp³-hybridized carbons (Fsp3) is 0.167. The molecule has 1 aliphatic heterocycles. The first-order chi connectivity index (χ1) is 15.3. The number of aromatic nitrogens is 4. The van der Waals surface area contributed by atoms with Gasteiger partial charge in [-0.1, -0.05) is 41.9 Å². The summed E-state index contributed by atoms with van der Waals surface area (Å²) >= 11 is 5.98. The average molecular weight is 429 g/mol. The van der Waals surface area contributed by atoms with Gasteiger partial charge in [-0.05, 0) is 42.0 Å². The van der Waals surface area contributed by atoms with Crippen LogP contribution in [0.5, 0.6) is 0 Å². The van der Waals surface area contributed by atoms with Gasteiger partial charge in [-0.25, -0.2) is 19.9 Å². The van der Waals surface area contributed by atoms with E-state index in [1.807, 2.05) is 60.7 Å². The van der Waals surface area contributed by atoms with Crippen LogP contribution in [0.25, 0.3) is 23.1 Å². The van der Waals surface area contributed by atoms with E-state index in [0.717, 1.165) is 59.4 Å². The molecule has 0 atom stereocenters. The second-order valence-corrected chi connectivity index (χ2v) is 7.77. The lowest BCUT2D eigenvalue weighted by molar-refractivity contribution is 0.635. The molecule has 0 N–H and O–H groups in total. The van der Waals surface area contributed by atoms with Crippen LogP contribution in [0, 0.1) is 0 Å². The molecule has 1 fully saturated rings. The van der Waals surface area contributed by atoms with Gasteiger partial charge in [0.2, 0.25) is 5.95 Å². The van der Waals surface area contributed by atoms with E-state index in [2.05, 4.69) is 25.8 Å². The maximum atomic E-state index is 5.98. The Morgan fingerprint density at radius 3 is 2.23 bits per heavy atom. The van der Waals surface area contributed by atoms with E-state index in [-0.39, 0.29) is 0 Å². The number of piperazine rings is 1. The molecule has 0 spiro atoms. The first-order valence-electron chi connectivity index (χ1n) is 10.2. The topological polar surface area (TPSA) is 58.0 Å². The third-order valence-corrected chi connectivity index (χ3v) is 5.56. The molecule has 0 saturated carbocycles. The quantitative estimate of drug-likeness (QED) is 0.474. The SMILES string of the molecule is Clc1ccc(C=Cc2nc(N3CCN(c4ncccn4)CC3)c3ccccc3n2)cc1. The highest BCUT2D eigenvalue weighted by Crippen LogP contribution is 2.26. The number of nitrogens with zero attached hydrogens (tertiary/aromatic N) is 6. The van der Waals surface area contributed by atoms with Gasteiger partial charge < -0.3 is 9.80 Å². The molecule has 154 valence electrons. The predicted molar refractivity (Wildman–Crippen MR) is 126 cm³/mol. The third kappa shape index (κ3) is 4.34. The zero-order valence-electron chi connectivity index (χ0n) is 16.9. The van der Waals surface area contributed by atoms with Gasteiger partial charge in [0.15, 0.2) is 5.82 Å². The Labute approximate surface area is 185 Å². The van der Waals surface area contributed by atoms with Crippen molar-refractivity contribution in [3.05, 3.63) is 83.4 Å². The zero-order valence-corrected chi connectivity index (χ0v) is 17.7. The molecule has 0 radical (unpaired) electrons. The molecule has 7 heteroatoms. The molecule has 0 bridgehead atoms. The Morgan fingerprint density at radius 1 is 0.742 bits per heavy atom. The van der Waals surface area contributed by atoms with Crippen LogP contribution in [0.4, 0.5) is 11.8 Å². The molecule has 1 aliphatic rings. The highest BCUT2D eigenvalue weighted by atomic mass is 35.5. The minimum absolute atomic E-state index is 0.692. The van der Waals surface area contributed by atoms with Crippen molar-refractivity contribution in [1.29, 1.82) is 0 Å². The first-order valence-corrected chi connectivity index (χ1v) is 10.6. The van der Waals surface area contributed by atoms with E-state index in [4.69, 9.17) is 21.6 Å². The molecule has 2 aromatic heterocycles. The van der Waals surface area contributed by atoms with E-state index >= 15 is 0 Å². The fourth-order valence-electron chi connectivity index (χ4n) is 3.71. The number of anilines is 2. The van der Waals surface area contributed by atoms with Crippen molar-refractivity contribution < 1.29 is 0 Å². The number of hydrogen-bond acceptors (Lipinski definition) is 6. The maximum absolute atomic E-state index is 5.98. The van der Waals surface area contributed by atoms with Gasteiger partial charge in [0.25, 0.3) is 0 Å². The summed E-state index contributed by atoms with van der Waals surface area (Å²) in [6.45, 7) is 3.38. The van der Waals surface area contributed by atoms with Crippen LogP contribution < -0.4 is 9.80 Å². The molecule has 31 heavy (non-hydrogen) atoms. The van der Waals surface area contributed by atoms with Crippen LogP contribution in [0.2, 0.25) is 5.02 Å². The number of halogens is 1. The molecule has 0 aliphatic carbocycles. The van der Waals surface area contributed by atoms with Crippen molar-refractivity contribution in [1.82, 2.24) is 19.9 Å². The Kier molecular flexibility index (Phi) is 5.46. The van der Waals surface area contributed by atoms with E-state index in [1.54, 1.807) is 12.4 Å². The van der Waals surface area contributed by atoms with E-state index < -0.39 is 0 Å². The normalized spacial score (nSPS) is 14.5. The van der Waals surface area contributed by atoms with Gasteiger partial charge in [-0.2, -0.15) is 0 Å². The smallest absolute Gasteiger partial charge is 0.225 e. The largest absolute Gasteiger partial charge is 0.352 e. The summed E-state index contributed by atoms with van der Waals surface area (Å²) < 4.78 is 0. The fourth-order valence-corrected chi connectivity index (χ4v) is 3.84. The Hall–Kier alpha value is -3.51. The summed E-state index contributed by atoms with van der Waals surface area (Å²) in [5.41, 5.74) is 2.00. The molecule has 2 aromatic carbocycles. The number of para-hydroxylation sites is 1. The van der Waals surface area contributed by atoms with Crippen molar-refractivity contribution >= 4 is 46.4 Å². The summed E-state index contributed by atoms with van der Waals surface area (Å²) in [6.07, 6.45) is 7.53. The van der Waals surface area contributed by atoms with Crippen LogP contribution in [0.3, 0.4) is 0 Å². The van der Waals surface area contributed by atoms with Crippen molar-refractivity contribution in [3.8, 4) is 0 Å². The summed E-state index contributed by atoms with van der Waals surface area (Å²) in [7, 11) is 0. The monoisotopic (exact) mass is 428 g/mol. The van der Waals surface area contributed by atoms with Crippen molar-refractivity contribution in [3.63, 3.8) is 0 Å². The summed E-state index contributed by atoms with van der Waals surface area (Å²) in [6, 6.07) is 17.7. The van der Waals surface area contributed by atoms with Crippen LogP contribution in [0.1, 0.15) is 11.4 Å². The Bertz CT molecular complexity index is 1200. The van der Waals surface area contributed by atoms with E-state index in [1.165, 1.54) is 0 Å². The number of benzene rings is 2. The van der Waals surface area contributed by atoms with Gasteiger partial charge in [-0.3, -0.25) is 0 Å². The number of fused-ring (bicyclic) bond motifs is 1. The van der Waals surface area contributed by atoms with Crippen molar-refractivity contribution in [2.45, 2.75) is 0 Å². The first kappa shape index (κ1) is 19.5. The molecule has 3 heterocycles. The highest BCUT2D eigenvalue weighted by Gasteiger charge is 2.21. The van der Waals surface area contributed by atoms with Gasteiger partial charge in [-0.15, -0.1) is 0 Å². The van der Waals surface area contributed by atoms with Gasteiger partial charge >= 0.3 is 0 Å². The van der Waals surface area contributed by atoms with Crippen LogP contribution in [0.15, 0.2) is 67.0 Å². The summed E-state index contributed by atoms with van der Waals surface area (Å²) in [5.74, 6) is 2.44. The molecular weight excluding hydrogens is 408 g/mol. The van der Waals surface area contributed by atoms with Crippen LogP contribution in [-0.2, 0) is 0 Å². The molecule has 4 aromatic rings. The number of hydrogen-bond donors (Lipinski definition) is 0. The predicted octanol–water partition coefficient (Wildman–Crippen LogP) is 4.57. The maximum Gasteiger partial charge on any atom is 0.225 e. The number of rotatable bonds is 4. The van der Waals surface area contributed by atoms with Crippen LogP contribution >= 0.6 is 11.6 Å². The molecule has 0 amide bonds. The minimum Gasteiger partial charge on any atom is -0.352 e. The molecule has 5 rings (SSSR count). The van der Waals surface area contributed by atoms with Gasteiger partial charge in [0.1, 0.15) is 5.82 Å². The average Bonchev–Trinajstić information content (AvgIpc) is 2.84. The lowest BCUT2D eigenvalue weighted by atomic mass is 10.2. The van der Waals surface area contributed by atoms with Crippen LogP contribution in [-0.4, -0.2) is 46.1 Å². The second kappa shape index (κ2) is 8.70. The van der Waals surface area contributed by atoms with Gasteiger partial charge in [0.05, 0.1) is 5.52 Å². The molecule has 1 saturated heterocycles. The second-order valence-electron chi connectivity index (χ2n) is 7.33. The zero-order chi connectivity index (χ0) is 21.0. The van der Waals surface area contributed by atoms with E-state index in [9.17, 15) is 0 Å². The van der Waals surface area contributed by atoms with Crippen molar-refractivity contribution in [2.24, 2.45) is 0 Å². The lowest BCUT2D eigenvalue weighted by Gasteiger charge is -2.35. The third-order valence-electron chi connectivity index (χ3n) is 5.31. The van der Waals surface area contributed by atoms with Crippen molar-refractivity contribution in [2.75, 3.05) is 36.0 Å². The Morgan fingerprint density at radius 2 is 1.45 bits per heavy atom. The summed E-state index contributed by atoms with van der Waals surface area (Å²) in [4.78, 5) is 22.9. The molecule has 0 unspecified atom stereocenters. The lowest BCUT2D eigenvalue weighted by Crippen LogP contribution is -2.47. The Balaban J connectivity index is 1.42. The van der Waals surface area contributed by atoms with Gasteiger partial charge in [0, 0.05) is 49.0 Å². The summed E-state index contributed by atoms with van der Waals surface area (Å²) in [5, 5.41) is 1.79. The minimum atomic E-state index is 0.692. The van der Waals surface area contributed by atoms with E-state index in [0.29, 0.717) is 5.82 Å². The molecule has 6 nitrogen and oxygen atoms in total. The molecular formula is C24H21ClN6. The highest BCUT2D eigenvalue weighted by molar-refractivity contribution is 6.30.